The topological polar surface area (TPSA) is 43.8 Å². The third kappa shape index (κ3) is 1.95. The molecule has 18 heavy (non-hydrogen) atoms. The predicted molar refractivity (Wildman–Crippen MR) is 74.3 cm³/mol. The first kappa shape index (κ1) is 10.8. The van der Waals surface area contributed by atoms with Gasteiger partial charge in [0.05, 0.1) is 17.4 Å². The Hall–Kier alpha value is -2.29. The number of rotatable bonds is 3. The standard InChI is InChI=1S/C15H15N3/c16-13-6-2-1-5-12(13)9-10-18-11-17-14-7-3-4-8-15(14)18/h1-8,11H,9-10,16H2. The number of hydrogen-bond acceptors (Lipinski definition) is 2. The maximum Gasteiger partial charge on any atom is 0.0958 e. The van der Waals surface area contributed by atoms with Gasteiger partial charge in [-0.05, 0) is 30.2 Å². The van der Waals surface area contributed by atoms with Crippen LogP contribution in [0.2, 0.25) is 0 Å². The predicted octanol–water partition coefficient (Wildman–Crippen LogP) is 2.86. The van der Waals surface area contributed by atoms with E-state index in [-0.39, 0.29) is 0 Å². The Morgan fingerprint density at radius 1 is 1.00 bits per heavy atom. The number of anilines is 1. The van der Waals surface area contributed by atoms with Gasteiger partial charge in [0.25, 0.3) is 0 Å². The molecule has 3 nitrogen and oxygen atoms in total. The Labute approximate surface area is 106 Å². The van der Waals surface area contributed by atoms with Crippen LogP contribution in [0.3, 0.4) is 0 Å². The van der Waals surface area contributed by atoms with Gasteiger partial charge in [-0.3, -0.25) is 0 Å². The van der Waals surface area contributed by atoms with Gasteiger partial charge in [-0.15, -0.1) is 0 Å². The first-order chi connectivity index (χ1) is 8.84. The minimum Gasteiger partial charge on any atom is -0.399 e. The van der Waals surface area contributed by atoms with Crippen LogP contribution in [0.25, 0.3) is 11.0 Å². The minimum atomic E-state index is 0.863. The maximum absolute atomic E-state index is 5.95. The van der Waals surface area contributed by atoms with Crippen molar-refractivity contribution in [2.45, 2.75) is 13.0 Å². The van der Waals surface area contributed by atoms with Crippen molar-refractivity contribution in [3.63, 3.8) is 0 Å². The molecule has 3 rings (SSSR count). The van der Waals surface area contributed by atoms with Gasteiger partial charge < -0.3 is 10.3 Å². The van der Waals surface area contributed by atoms with E-state index in [9.17, 15) is 0 Å². The highest BCUT2D eigenvalue weighted by molar-refractivity contribution is 5.74. The van der Waals surface area contributed by atoms with E-state index >= 15 is 0 Å². The summed E-state index contributed by atoms with van der Waals surface area (Å²) in [5.74, 6) is 0. The molecule has 0 radical (unpaired) electrons. The lowest BCUT2D eigenvalue weighted by molar-refractivity contribution is 0.717. The Bertz CT molecular complexity index is 670. The second kappa shape index (κ2) is 4.53. The van der Waals surface area contributed by atoms with Crippen molar-refractivity contribution in [1.29, 1.82) is 0 Å². The van der Waals surface area contributed by atoms with Crippen LogP contribution in [0.5, 0.6) is 0 Å². The van der Waals surface area contributed by atoms with Crippen LogP contribution < -0.4 is 5.73 Å². The fourth-order valence-corrected chi connectivity index (χ4v) is 2.19. The van der Waals surface area contributed by atoms with Gasteiger partial charge >= 0.3 is 0 Å². The van der Waals surface area contributed by atoms with Crippen molar-refractivity contribution in [3.8, 4) is 0 Å². The zero-order valence-corrected chi connectivity index (χ0v) is 10.1. The van der Waals surface area contributed by atoms with Gasteiger partial charge in [-0.25, -0.2) is 4.98 Å². The Morgan fingerprint density at radius 2 is 1.78 bits per heavy atom. The quantitative estimate of drug-likeness (QED) is 0.712. The minimum absolute atomic E-state index is 0.863. The lowest BCUT2D eigenvalue weighted by Gasteiger charge is -2.06. The van der Waals surface area contributed by atoms with Crippen LogP contribution in [-0.4, -0.2) is 9.55 Å². The zero-order chi connectivity index (χ0) is 12.4. The van der Waals surface area contributed by atoms with Crippen LogP contribution >= 0.6 is 0 Å². The summed E-state index contributed by atoms with van der Waals surface area (Å²) in [5.41, 5.74) is 10.2. The summed E-state index contributed by atoms with van der Waals surface area (Å²) in [4.78, 5) is 4.39. The molecule has 0 aliphatic heterocycles. The van der Waals surface area contributed by atoms with Gasteiger partial charge in [0, 0.05) is 12.2 Å². The third-order valence-electron chi connectivity index (χ3n) is 3.20. The molecule has 0 amide bonds. The fraction of sp³-hybridized carbons (Fsp3) is 0.133. The second-order valence-corrected chi connectivity index (χ2v) is 4.38. The van der Waals surface area contributed by atoms with E-state index in [1.54, 1.807) is 0 Å². The summed E-state index contributed by atoms with van der Waals surface area (Å²) in [6.45, 7) is 0.898. The summed E-state index contributed by atoms with van der Waals surface area (Å²) < 4.78 is 2.17. The van der Waals surface area contributed by atoms with E-state index in [0.717, 1.165) is 24.2 Å². The summed E-state index contributed by atoms with van der Waals surface area (Å²) in [7, 11) is 0. The highest BCUT2D eigenvalue weighted by Gasteiger charge is 2.02. The monoisotopic (exact) mass is 237 g/mol. The summed E-state index contributed by atoms with van der Waals surface area (Å²) in [6, 6.07) is 16.2. The average Bonchev–Trinajstić information content (AvgIpc) is 2.81. The Morgan fingerprint density at radius 3 is 2.67 bits per heavy atom. The van der Waals surface area contributed by atoms with Gasteiger partial charge in [0.2, 0.25) is 0 Å². The highest BCUT2D eigenvalue weighted by Crippen LogP contribution is 2.15. The van der Waals surface area contributed by atoms with Gasteiger partial charge in [0.1, 0.15) is 0 Å². The first-order valence-electron chi connectivity index (χ1n) is 6.08. The SMILES string of the molecule is Nc1ccccc1CCn1cnc2ccccc21. The lowest BCUT2D eigenvalue weighted by Crippen LogP contribution is -2.02. The van der Waals surface area contributed by atoms with E-state index in [2.05, 4.69) is 21.7 Å². The molecule has 3 aromatic rings. The summed E-state index contributed by atoms with van der Waals surface area (Å²) >= 11 is 0. The molecule has 0 aliphatic rings. The molecule has 0 saturated heterocycles. The highest BCUT2D eigenvalue weighted by atomic mass is 15.0. The molecule has 0 saturated carbocycles. The second-order valence-electron chi connectivity index (χ2n) is 4.38. The number of imidazole rings is 1. The maximum atomic E-state index is 5.95. The summed E-state index contributed by atoms with van der Waals surface area (Å²) in [6.07, 6.45) is 2.82. The van der Waals surface area contributed by atoms with E-state index in [4.69, 9.17) is 5.73 Å². The van der Waals surface area contributed by atoms with Gasteiger partial charge in [0.15, 0.2) is 0 Å². The van der Waals surface area contributed by atoms with E-state index in [1.165, 1.54) is 11.1 Å². The van der Waals surface area contributed by atoms with Gasteiger partial charge in [-0.2, -0.15) is 0 Å². The largest absolute Gasteiger partial charge is 0.399 e. The molecule has 0 fully saturated rings. The van der Waals surface area contributed by atoms with Crippen molar-refractivity contribution in [2.24, 2.45) is 0 Å². The Balaban J connectivity index is 1.83. The average molecular weight is 237 g/mol. The molecule has 0 bridgehead atoms. The molecule has 0 unspecified atom stereocenters. The van der Waals surface area contributed by atoms with Crippen LogP contribution in [0.15, 0.2) is 54.9 Å². The number of para-hydroxylation sites is 3. The van der Waals surface area contributed by atoms with Gasteiger partial charge in [-0.1, -0.05) is 30.3 Å². The number of aryl methyl sites for hydroxylation is 2. The van der Waals surface area contributed by atoms with E-state index in [1.807, 2.05) is 42.7 Å². The number of nitrogens with two attached hydrogens (primary N) is 1. The van der Waals surface area contributed by atoms with Crippen LogP contribution in [0, 0.1) is 0 Å². The number of hydrogen-bond donors (Lipinski definition) is 1. The van der Waals surface area contributed by atoms with E-state index < -0.39 is 0 Å². The fourth-order valence-electron chi connectivity index (χ4n) is 2.19. The summed E-state index contributed by atoms with van der Waals surface area (Å²) in [5, 5.41) is 0. The van der Waals surface area contributed by atoms with Crippen molar-refractivity contribution < 1.29 is 0 Å². The van der Waals surface area contributed by atoms with Crippen molar-refractivity contribution in [1.82, 2.24) is 9.55 Å². The molecule has 2 aromatic carbocycles. The number of aromatic nitrogens is 2. The number of fused-ring (bicyclic) bond motifs is 1. The van der Waals surface area contributed by atoms with Crippen LogP contribution in [-0.2, 0) is 13.0 Å². The third-order valence-corrected chi connectivity index (χ3v) is 3.20. The number of nitrogen functional groups attached to an aromatic ring is 1. The van der Waals surface area contributed by atoms with Crippen molar-refractivity contribution in [2.75, 3.05) is 5.73 Å². The molecule has 3 heteroatoms. The molecule has 0 aliphatic carbocycles. The molecule has 0 atom stereocenters. The number of benzene rings is 2. The molecule has 90 valence electrons. The van der Waals surface area contributed by atoms with Crippen molar-refractivity contribution >= 4 is 16.7 Å². The molecule has 2 N–H and O–H groups in total. The molecule has 0 spiro atoms. The van der Waals surface area contributed by atoms with Crippen molar-refractivity contribution in [3.05, 3.63) is 60.4 Å². The molecule has 1 aromatic heterocycles. The molecular formula is C15H15N3. The normalized spacial score (nSPS) is 10.9. The smallest absolute Gasteiger partial charge is 0.0958 e. The first-order valence-corrected chi connectivity index (χ1v) is 6.08. The van der Waals surface area contributed by atoms with Crippen LogP contribution in [0.1, 0.15) is 5.56 Å². The van der Waals surface area contributed by atoms with Crippen LogP contribution in [0.4, 0.5) is 5.69 Å². The van der Waals surface area contributed by atoms with E-state index in [0.29, 0.717) is 0 Å². The number of nitrogens with zero attached hydrogens (tertiary/aromatic N) is 2. The zero-order valence-electron chi connectivity index (χ0n) is 10.1. The molecular weight excluding hydrogens is 222 g/mol. The lowest BCUT2D eigenvalue weighted by atomic mass is 10.1. The molecule has 1 heterocycles. The Kier molecular flexibility index (Phi) is 2.73.